The van der Waals surface area contributed by atoms with Gasteiger partial charge in [0.05, 0.1) is 0 Å². The molecule has 2 aromatic rings. The smallest absolute Gasteiger partial charge is 0.261 e. The summed E-state index contributed by atoms with van der Waals surface area (Å²) >= 11 is 0. The van der Waals surface area contributed by atoms with Crippen LogP contribution in [0.2, 0.25) is 0 Å². The van der Waals surface area contributed by atoms with Crippen LogP contribution in [-0.2, 0) is 6.42 Å². The minimum atomic E-state index is 0.0234. The Labute approximate surface area is 89.2 Å². The Morgan fingerprint density at radius 1 is 1.20 bits per heavy atom. The zero-order valence-electron chi connectivity index (χ0n) is 8.68. The second-order valence-electron chi connectivity index (χ2n) is 3.45. The van der Waals surface area contributed by atoms with Crippen molar-refractivity contribution >= 4 is 5.91 Å². The van der Waals surface area contributed by atoms with Gasteiger partial charge < -0.3 is 0 Å². The molecule has 2 rings (SSSR count). The van der Waals surface area contributed by atoms with Crippen molar-refractivity contribution in [3.63, 3.8) is 0 Å². The quantitative estimate of drug-likeness (QED) is 0.729. The number of rotatable bonds is 2. The molecule has 0 aliphatic heterocycles. The van der Waals surface area contributed by atoms with Crippen molar-refractivity contribution in [3.8, 4) is 0 Å². The molecule has 0 saturated carbocycles. The summed E-state index contributed by atoms with van der Waals surface area (Å²) in [6.07, 6.45) is 4.65. The minimum Gasteiger partial charge on any atom is -0.290 e. The molecule has 2 heteroatoms. The van der Waals surface area contributed by atoms with E-state index in [4.69, 9.17) is 0 Å². The van der Waals surface area contributed by atoms with Gasteiger partial charge in [0.2, 0.25) is 0 Å². The first-order valence-electron chi connectivity index (χ1n) is 5.08. The maximum atomic E-state index is 11.9. The average Bonchev–Trinajstić information content (AvgIpc) is 2.78. The zero-order valence-corrected chi connectivity index (χ0v) is 8.68. The first kappa shape index (κ1) is 9.71. The summed E-state index contributed by atoms with van der Waals surface area (Å²) in [6.45, 7) is 2.08. The molecule has 2 nitrogen and oxygen atoms in total. The molecule has 1 aromatic heterocycles. The van der Waals surface area contributed by atoms with Crippen molar-refractivity contribution in [1.82, 2.24) is 4.57 Å². The molecule has 0 N–H and O–H groups in total. The number of hydrogen-bond acceptors (Lipinski definition) is 1. The van der Waals surface area contributed by atoms with Crippen molar-refractivity contribution in [2.45, 2.75) is 13.3 Å². The van der Waals surface area contributed by atoms with Gasteiger partial charge in [0.1, 0.15) is 0 Å². The standard InChI is InChI=1S/C13H13NO/c1-2-11-8-9-14(10-11)13(15)12-6-4-3-5-7-12/h3-10H,2H2,1H3. The average molecular weight is 199 g/mol. The lowest BCUT2D eigenvalue weighted by Crippen LogP contribution is -2.09. The van der Waals surface area contributed by atoms with Crippen LogP contribution in [0.25, 0.3) is 0 Å². The molecule has 76 valence electrons. The molecule has 0 spiro atoms. The maximum Gasteiger partial charge on any atom is 0.261 e. The van der Waals surface area contributed by atoms with Gasteiger partial charge in [0.25, 0.3) is 5.91 Å². The van der Waals surface area contributed by atoms with Gasteiger partial charge in [0, 0.05) is 18.0 Å². The number of hydrogen-bond donors (Lipinski definition) is 0. The molecule has 0 saturated heterocycles. The van der Waals surface area contributed by atoms with Crippen molar-refractivity contribution in [3.05, 3.63) is 59.9 Å². The largest absolute Gasteiger partial charge is 0.290 e. The van der Waals surface area contributed by atoms with Gasteiger partial charge in [-0.25, -0.2) is 0 Å². The second-order valence-corrected chi connectivity index (χ2v) is 3.45. The molecule has 0 bridgehead atoms. The molecule has 0 aliphatic carbocycles. The van der Waals surface area contributed by atoms with E-state index >= 15 is 0 Å². The Hall–Kier alpha value is -1.83. The topological polar surface area (TPSA) is 22.0 Å². The van der Waals surface area contributed by atoms with Crippen molar-refractivity contribution in [1.29, 1.82) is 0 Å². The number of aryl methyl sites for hydroxylation is 1. The van der Waals surface area contributed by atoms with E-state index in [1.807, 2.05) is 48.8 Å². The van der Waals surface area contributed by atoms with Crippen LogP contribution >= 0.6 is 0 Å². The van der Waals surface area contributed by atoms with Gasteiger partial charge >= 0.3 is 0 Å². The van der Waals surface area contributed by atoms with E-state index in [9.17, 15) is 4.79 Å². The van der Waals surface area contributed by atoms with Crippen molar-refractivity contribution in [2.75, 3.05) is 0 Å². The second kappa shape index (κ2) is 4.13. The van der Waals surface area contributed by atoms with Gasteiger partial charge in [0.15, 0.2) is 0 Å². The highest BCUT2D eigenvalue weighted by Gasteiger charge is 2.06. The monoisotopic (exact) mass is 199 g/mol. The van der Waals surface area contributed by atoms with E-state index in [1.54, 1.807) is 4.57 Å². The van der Waals surface area contributed by atoms with Gasteiger partial charge in [-0.1, -0.05) is 25.1 Å². The summed E-state index contributed by atoms with van der Waals surface area (Å²) in [5.74, 6) is 0.0234. The van der Waals surface area contributed by atoms with E-state index in [1.165, 1.54) is 5.56 Å². The molecule has 0 aliphatic rings. The Balaban J connectivity index is 2.29. The molecule has 1 heterocycles. The Kier molecular flexibility index (Phi) is 2.68. The van der Waals surface area contributed by atoms with Gasteiger partial charge in [-0.05, 0) is 30.2 Å². The summed E-state index contributed by atoms with van der Waals surface area (Å²) in [5.41, 5.74) is 1.90. The fourth-order valence-electron chi connectivity index (χ4n) is 1.51. The minimum absolute atomic E-state index is 0.0234. The van der Waals surface area contributed by atoms with Crippen LogP contribution in [0.1, 0.15) is 22.8 Å². The fourth-order valence-corrected chi connectivity index (χ4v) is 1.51. The highest BCUT2D eigenvalue weighted by molar-refractivity contribution is 5.95. The lowest BCUT2D eigenvalue weighted by Gasteiger charge is -2.00. The summed E-state index contributed by atoms with van der Waals surface area (Å²) in [6, 6.07) is 11.3. The Morgan fingerprint density at radius 3 is 2.53 bits per heavy atom. The number of benzene rings is 1. The number of nitrogens with zero attached hydrogens (tertiary/aromatic N) is 1. The van der Waals surface area contributed by atoms with E-state index in [0.717, 1.165) is 12.0 Å². The number of carbonyl (C=O) groups is 1. The normalized spacial score (nSPS) is 10.2. The molecule has 0 unspecified atom stereocenters. The summed E-state index contributed by atoms with van der Waals surface area (Å²) < 4.78 is 1.63. The van der Waals surface area contributed by atoms with Crippen LogP contribution in [0, 0.1) is 0 Å². The third kappa shape index (κ3) is 1.99. The molecule has 0 fully saturated rings. The third-order valence-corrected chi connectivity index (χ3v) is 2.42. The molecule has 0 amide bonds. The van der Waals surface area contributed by atoms with E-state index in [2.05, 4.69) is 6.92 Å². The van der Waals surface area contributed by atoms with Crippen LogP contribution in [0.3, 0.4) is 0 Å². The molecular formula is C13H13NO. The molecule has 15 heavy (non-hydrogen) atoms. The van der Waals surface area contributed by atoms with Gasteiger partial charge in [-0.15, -0.1) is 0 Å². The van der Waals surface area contributed by atoms with Crippen LogP contribution in [0.4, 0.5) is 0 Å². The highest BCUT2D eigenvalue weighted by Crippen LogP contribution is 2.06. The van der Waals surface area contributed by atoms with E-state index in [0.29, 0.717) is 0 Å². The lowest BCUT2D eigenvalue weighted by atomic mass is 10.2. The first-order chi connectivity index (χ1) is 7.31. The van der Waals surface area contributed by atoms with E-state index < -0.39 is 0 Å². The molecule has 1 aromatic carbocycles. The summed E-state index contributed by atoms with van der Waals surface area (Å²) in [4.78, 5) is 11.9. The van der Waals surface area contributed by atoms with Crippen LogP contribution < -0.4 is 0 Å². The van der Waals surface area contributed by atoms with Crippen molar-refractivity contribution < 1.29 is 4.79 Å². The number of carbonyl (C=O) groups excluding carboxylic acids is 1. The lowest BCUT2D eigenvalue weighted by molar-refractivity contribution is 0.0960. The highest BCUT2D eigenvalue weighted by atomic mass is 16.2. The van der Waals surface area contributed by atoms with E-state index in [-0.39, 0.29) is 5.91 Å². The summed E-state index contributed by atoms with van der Waals surface area (Å²) in [5, 5.41) is 0. The molecule has 0 atom stereocenters. The van der Waals surface area contributed by atoms with Crippen molar-refractivity contribution in [2.24, 2.45) is 0 Å². The Morgan fingerprint density at radius 2 is 1.93 bits per heavy atom. The molecule has 0 radical (unpaired) electrons. The zero-order chi connectivity index (χ0) is 10.7. The fraction of sp³-hybridized carbons (Fsp3) is 0.154. The van der Waals surface area contributed by atoms with Crippen LogP contribution in [-0.4, -0.2) is 10.5 Å². The van der Waals surface area contributed by atoms with Crippen LogP contribution in [0.5, 0.6) is 0 Å². The van der Waals surface area contributed by atoms with Gasteiger partial charge in [-0.3, -0.25) is 9.36 Å². The Bertz CT molecular complexity index is 456. The third-order valence-electron chi connectivity index (χ3n) is 2.42. The SMILES string of the molecule is CCc1ccn(C(=O)c2ccccc2)c1. The predicted molar refractivity (Wildman–Crippen MR) is 60.0 cm³/mol. The van der Waals surface area contributed by atoms with Gasteiger partial charge in [-0.2, -0.15) is 0 Å². The molecular weight excluding hydrogens is 186 g/mol. The van der Waals surface area contributed by atoms with Crippen LogP contribution in [0.15, 0.2) is 48.8 Å². The maximum absolute atomic E-state index is 11.9. The first-order valence-corrected chi connectivity index (χ1v) is 5.08. The summed E-state index contributed by atoms with van der Waals surface area (Å²) in [7, 11) is 0. The predicted octanol–water partition coefficient (Wildman–Crippen LogP) is 2.74. The number of aromatic nitrogens is 1.